The molecule has 4 aromatic rings. The Hall–Kier alpha value is -4.11. The molecule has 2 atom stereocenters. The van der Waals surface area contributed by atoms with Crippen molar-refractivity contribution in [1.82, 2.24) is 19.7 Å². The van der Waals surface area contributed by atoms with Crippen molar-refractivity contribution in [2.24, 2.45) is 4.99 Å². The molecule has 9 heteroatoms. The maximum absolute atomic E-state index is 13.6. The zero-order valence-corrected chi connectivity index (χ0v) is 21.7. The van der Waals surface area contributed by atoms with E-state index in [1.165, 1.54) is 12.1 Å². The van der Waals surface area contributed by atoms with E-state index in [1.807, 2.05) is 28.8 Å². The summed E-state index contributed by atoms with van der Waals surface area (Å²) in [6, 6.07) is 19.4. The third kappa shape index (κ3) is 3.77. The van der Waals surface area contributed by atoms with E-state index in [4.69, 9.17) is 22.3 Å². The molecule has 38 heavy (non-hydrogen) atoms. The number of fused-ring (bicyclic) bond motifs is 5. The topological polar surface area (TPSA) is 61.6 Å². The van der Waals surface area contributed by atoms with Crippen molar-refractivity contribution in [3.63, 3.8) is 0 Å². The molecule has 1 aliphatic carbocycles. The minimum Gasteiger partial charge on any atom is -0.340 e. The van der Waals surface area contributed by atoms with E-state index in [2.05, 4.69) is 39.5 Å². The number of anilines is 3. The molecule has 7 rings (SSSR count). The third-order valence-corrected chi connectivity index (χ3v) is 8.14. The second-order valence-electron chi connectivity index (χ2n) is 10.00. The first-order valence-electron chi connectivity index (χ1n) is 12.8. The van der Waals surface area contributed by atoms with Gasteiger partial charge < -0.3 is 10.2 Å². The van der Waals surface area contributed by atoms with E-state index in [0.717, 1.165) is 64.8 Å². The number of halogens is 1. The van der Waals surface area contributed by atoms with Crippen LogP contribution in [0.3, 0.4) is 0 Å². The smallest absolute Gasteiger partial charge is 0.208 e. The summed E-state index contributed by atoms with van der Waals surface area (Å²) in [5.41, 5.74) is 5.02. The lowest BCUT2D eigenvalue weighted by Crippen LogP contribution is -2.51. The summed E-state index contributed by atoms with van der Waals surface area (Å²) in [5.74, 6) is 2.25. The molecule has 2 aromatic carbocycles. The molecule has 2 aliphatic heterocycles. The van der Waals surface area contributed by atoms with E-state index in [1.54, 1.807) is 24.5 Å². The molecule has 0 bridgehead atoms. The number of aromatic nitrogens is 3. The summed E-state index contributed by atoms with van der Waals surface area (Å²) in [6.07, 6.45) is 6.94. The molecule has 3 aliphatic rings. The van der Waals surface area contributed by atoms with Gasteiger partial charge in [0.25, 0.3) is 0 Å². The van der Waals surface area contributed by atoms with Gasteiger partial charge in [-0.3, -0.25) is 9.88 Å². The summed E-state index contributed by atoms with van der Waals surface area (Å²) in [6.45, 7) is 0.549. The number of thiocarbonyl (C=S) groups is 1. The molecule has 4 heterocycles. The maximum atomic E-state index is 13.6. The molecule has 1 saturated carbocycles. The molecule has 0 unspecified atom stereocenters. The zero-order chi connectivity index (χ0) is 25.8. The normalized spacial score (nSPS) is 19.7. The van der Waals surface area contributed by atoms with Crippen molar-refractivity contribution in [3.05, 3.63) is 90.0 Å². The van der Waals surface area contributed by atoms with Crippen LogP contribution in [-0.4, -0.2) is 49.7 Å². The summed E-state index contributed by atoms with van der Waals surface area (Å²) in [7, 11) is 1.98. The number of nitrogens with one attached hydrogen (secondary N) is 1. The highest BCUT2D eigenvalue weighted by Crippen LogP contribution is 2.43. The average Bonchev–Trinajstić information content (AvgIpc) is 3.63. The Balaban J connectivity index is 1.30. The summed E-state index contributed by atoms with van der Waals surface area (Å²) < 4.78 is 15.6. The summed E-state index contributed by atoms with van der Waals surface area (Å²) in [5, 5.41) is 8.63. The molecule has 7 nitrogen and oxygen atoms in total. The van der Waals surface area contributed by atoms with Crippen LogP contribution in [0.1, 0.15) is 30.4 Å². The quantitative estimate of drug-likeness (QED) is 0.344. The number of guanidine groups is 1. The van der Waals surface area contributed by atoms with E-state index >= 15 is 0 Å². The monoisotopic (exact) mass is 523 g/mol. The van der Waals surface area contributed by atoms with E-state index in [0.29, 0.717) is 17.6 Å². The van der Waals surface area contributed by atoms with Crippen molar-refractivity contribution in [2.45, 2.75) is 37.9 Å². The number of benzene rings is 2. The van der Waals surface area contributed by atoms with Gasteiger partial charge in [-0.2, -0.15) is 5.10 Å². The fourth-order valence-electron chi connectivity index (χ4n) is 5.74. The van der Waals surface area contributed by atoms with Crippen LogP contribution in [-0.2, 0) is 6.54 Å². The predicted octanol–water partition coefficient (Wildman–Crippen LogP) is 5.59. The Bertz CT molecular complexity index is 1550. The highest BCUT2D eigenvalue weighted by Gasteiger charge is 2.48. The Morgan fingerprint density at radius 3 is 2.47 bits per heavy atom. The van der Waals surface area contributed by atoms with Crippen LogP contribution in [0.25, 0.3) is 11.1 Å². The Morgan fingerprint density at radius 1 is 0.974 bits per heavy atom. The lowest BCUT2D eigenvalue weighted by Gasteiger charge is -2.35. The first-order chi connectivity index (χ1) is 18.6. The number of hydrogen-bond donors (Lipinski definition) is 1. The Morgan fingerprint density at radius 2 is 1.71 bits per heavy atom. The molecule has 1 fully saturated rings. The molecule has 0 spiro atoms. The second kappa shape index (κ2) is 9.02. The van der Waals surface area contributed by atoms with Gasteiger partial charge >= 0.3 is 0 Å². The molecular weight excluding hydrogens is 497 g/mol. The molecule has 1 N–H and O–H groups in total. The van der Waals surface area contributed by atoms with Crippen LogP contribution in [0.4, 0.5) is 21.7 Å². The Labute approximate surface area is 225 Å². The molecule has 0 amide bonds. The van der Waals surface area contributed by atoms with Crippen LogP contribution in [0.15, 0.2) is 78.0 Å². The van der Waals surface area contributed by atoms with Gasteiger partial charge in [0.2, 0.25) is 5.96 Å². The standard InChI is InChI=1S/C29H26FN7S/c1-35-28(38)25-26(32-22-11-9-21(30)10-12-22)36(34-27(25)37-24-4-2-3-23(24)33-29(35)37)17-18-5-7-19(8-6-18)20-13-15-31-16-14-20/h5-16,23-24,32H,2-4,17H2,1H3/t23-,24+/m1/s1. The van der Waals surface area contributed by atoms with E-state index in [-0.39, 0.29) is 11.9 Å². The molecule has 190 valence electrons. The van der Waals surface area contributed by atoms with Crippen LogP contribution in [0, 0.1) is 5.82 Å². The fourth-order valence-corrected chi connectivity index (χ4v) is 6.01. The number of pyridine rings is 1. The highest BCUT2D eigenvalue weighted by molar-refractivity contribution is 7.80. The first-order valence-corrected chi connectivity index (χ1v) is 13.3. The van der Waals surface area contributed by atoms with E-state index in [9.17, 15) is 4.39 Å². The molecule has 0 saturated heterocycles. The van der Waals surface area contributed by atoms with Crippen molar-refractivity contribution < 1.29 is 4.39 Å². The largest absolute Gasteiger partial charge is 0.340 e. The first kappa shape index (κ1) is 23.0. The van der Waals surface area contributed by atoms with Crippen molar-refractivity contribution in [1.29, 1.82) is 0 Å². The minimum absolute atomic E-state index is 0.277. The van der Waals surface area contributed by atoms with E-state index < -0.39 is 0 Å². The van der Waals surface area contributed by atoms with Gasteiger partial charge in [-0.15, -0.1) is 0 Å². The lowest BCUT2D eigenvalue weighted by atomic mass is 10.1. The van der Waals surface area contributed by atoms with Gasteiger partial charge in [0.1, 0.15) is 16.6 Å². The summed E-state index contributed by atoms with van der Waals surface area (Å²) in [4.78, 5) is 14.1. The third-order valence-electron chi connectivity index (χ3n) is 7.66. The Kier molecular flexibility index (Phi) is 5.47. The number of aliphatic imine (C=N–C) groups is 1. The maximum Gasteiger partial charge on any atom is 0.208 e. The van der Waals surface area contributed by atoms with Crippen LogP contribution < -0.4 is 10.2 Å². The van der Waals surface area contributed by atoms with Gasteiger partial charge in [-0.05, 0) is 72.4 Å². The highest BCUT2D eigenvalue weighted by atomic mass is 32.1. The van der Waals surface area contributed by atoms with Crippen molar-refractivity contribution in [3.8, 4) is 11.1 Å². The average molecular weight is 524 g/mol. The predicted molar refractivity (Wildman–Crippen MR) is 151 cm³/mol. The van der Waals surface area contributed by atoms with Crippen LogP contribution in [0.2, 0.25) is 0 Å². The fraction of sp³-hybridized carbons (Fsp3) is 0.241. The van der Waals surface area contributed by atoms with Crippen LogP contribution >= 0.6 is 12.2 Å². The van der Waals surface area contributed by atoms with Gasteiger partial charge in [0, 0.05) is 25.1 Å². The van der Waals surface area contributed by atoms with Crippen molar-refractivity contribution >= 4 is 40.5 Å². The molecule has 0 radical (unpaired) electrons. The van der Waals surface area contributed by atoms with Gasteiger partial charge in [-0.25, -0.2) is 14.1 Å². The van der Waals surface area contributed by atoms with Gasteiger partial charge in [0.05, 0.1) is 24.2 Å². The minimum atomic E-state index is -0.277. The second-order valence-corrected chi connectivity index (χ2v) is 10.4. The SMILES string of the molecule is CN1C(=S)c2c(nn(Cc3ccc(-c4ccncc4)cc3)c2Nc2ccc(F)cc2)N2C1=N[C@@H]1CCC[C@@H]12. The number of nitrogens with zero attached hydrogens (tertiary/aromatic N) is 6. The zero-order valence-electron chi connectivity index (χ0n) is 20.9. The van der Waals surface area contributed by atoms with Crippen molar-refractivity contribution in [2.75, 3.05) is 17.3 Å². The van der Waals surface area contributed by atoms with Crippen LogP contribution in [0.5, 0.6) is 0 Å². The molecular formula is C29H26FN7S. The van der Waals surface area contributed by atoms with Gasteiger partial charge in [0.15, 0.2) is 5.82 Å². The summed E-state index contributed by atoms with van der Waals surface area (Å²) >= 11 is 5.97. The number of rotatable bonds is 5. The molecule has 2 aromatic heterocycles. The lowest BCUT2D eigenvalue weighted by molar-refractivity contribution is 0.619. The van der Waals surface area contributed by atoms with Gasteiger partial charge in [-0.1, -0.05) is 36.5 Å². The number of hydrogen-bond acceptors (Lipinski definition) is 6.